The summed E-state index contributed by atoms with van der Waals surface area (Å²) < 4.78 is 0. The van der Waals surface area contributed by atoms with Crippen LogP contribution in [0.15, 0.2) is 41.5 Å². The zero-order valence-electron chi connectivity index (χ0n) is 13.0. The Hall–Kier alpha value is -2.89. The third kappa shape index (κ3) is 4.06. The smallest absolute Gasteiger partial charge is 0.329 e. The van der Waals surface area contributed by atoms with E-state index < -0.39 is 11.8 Å². The van der Waals surface area contributed by atoms with Crippen molar-refractivity contribution in [3.8, 4) is 5.75 Å². The van der Waals surface area contributed by atoms with Crippen LogP contribution in [0.2, 0.25) is 0 Å². The van der Waals surface area contributed by atoms with Crippen LogP contribution in [-0.4, -0.2) is 29.2 Å². The number of phenolic OH excluding ortho intramolecular Hbond substituents is 1. The minimum Gasteiger partial charge on any atom is -0.507 e. The van der Waals surface area contributed by atoms with Gasteiger partial charge in [-0.25, -0.2) is 5.43 Å². The summed E-state index contributed by atoms with van der Waals surface area (Å²) in [6.45, 7) is 3.72. The van der Waals surface area contributed by atoms with Gasteiger partial charge in [0.25, 0.3) is 0 Å². The predicted octanol–water partition coefficient (Wildman–Crippen LogP) is 1.91. The maximum Gasteiger partial charge on any atom is 0.329 e. The number of nitrogens with one attached hydrogen (secondary N) is 2. The Bertz CT molecular complexity index is 756. The summed E-state index contributed by atoms with van der Waals surface area (Å²) in [5, 5.41) is 18.0. The van der Waals surface area contributed by atoms with E-state index in [2.05, 4.69) is 15.8 Å². The molecule has 2 amide bonds. The molecular weight excluding hydrogens is 294 g/mol. The fourth-order valence-corrected chi connectivity index (χ4v) is 2.02. The van der Waals surface area contributed by atoms with Crippen molar-refractivity contribution < 1.29 is 14.7 Å². The fraction of sp³-hybridized carbons (Fsp3) is 0.235. The van der Waals surface area contributed by atoms with Gasteiger partial charge in [0.1, 0.15) is 5.75 Å². The molecule has 0 bridgehead atoms. The van der Waals surface area contributed by atoms with Gasteiger partial charge in [-0.2, -0.15) is 5.10 Å². The third-order valence-corrected chi connectivity index (χ3v) is 3.50. The van der Waals surface area contributed by atoms with Gasteiger partial charge in [0.15, 0.2) is 0 Å². The lowest BCUT2D eigenvalue weighted by molar-refractivity contribution is -0.139. The summed E-state index contributed by atoms with van der Waals surface area (Å²) in [6.07, 6.45) is 2.05. The number of amides is 2. The Balaban J connectivity index is 2.11. The SMILES string of the molecule is CC[C@@H](C)NC(=O)C(=O)N/N=C\c1c(O)ccc2ccccc12. The molecule has 1 atom stereocenters. The number of benzene rings is 2. The molecule has 0 aliphatic carbocycles. The second-order valence-corrected chi connectivity index (χ2v) is 5.20. The number of hydrazone groups is 1. The quantitative estimate of drug-likeness (QED) is 0.457. The Morgan fingerprint density at radius 2 is 1.96 bits per heavy atom. The highest BCUT2D eigenvalue weighted by molar-refractivity contribution is 6.35. The topological polar surface area (TPSA) is 90.8 Å². The second-order valence-electron chi connectivity index (χ2n) is 5.20. The molecule has 2 aromatic rings. The van der Waals surface area contributed by atoms with Crippen molar-refractivity contribution in [3.63, 3.8) is 0 Å². The molecule has 3 N–H and O–H groups in total. The van der Waals surface area contributed by atoms with Crippen molar-refractivity contribution >= 4 is 28.8 Å². The lowest BCUT2D eigenvalue weighted by atomic mass is 10.0. The van der Waals surface area contributed by atoms with E-state index in [1.807, 2.05) is 38.1 Å². The first-order valence-corrected chi connectivity index (χ1v) is 7.37. The van der Waals surface area contributed by atoms with Crippen molar-refractivity contribution in [2.75, 3.05) is 0 Å². The van der Waals surface area contributed by atoms with Crippen LogP contribution in [0, 0.1) is 0 Å². The van der Waals surface area contributed by atoms with Gasteiger partial charge in [-0.05, 0) is 30.2 Å². The molecule has 6 heteroatoms. The van der Waals surface area contributed by atoms with Gasteiger partial charge in [0.05, 0.1) is 6.21 Å². The first-order valence-electron chi connectivity index (χ1n) is 7.37. The van der Waals surface area contributed by atoms with Gasteiger partial charge in [0, 0.05) is 11.6 Å². The highest BCUT2D eigenvalue weighted by atomic mass is 16.3. The van der Waals surface area contributed by atoms with E-state index in [1.165, 1.54) is 6.21 Å². The summed E-state index contributed by atoms with van der Waals surface area (Å²) in [7, 11) is 0. The average Bonchev–Trinajstić information content (AvgIpc) is 2.56. The molecule has 0 saturated carbocycles. The van der Waals surface area contributed by atoms with Gasteiger partial charge in [-0.1, -0.05) is 37.3 Å². The zero-order chi connectivity index (χ0) is 16.8. The number of nitrogens with zero attached hydrogens (tertiary/aromatic N) is 1. The number of fused-ring (bicyclic) bond motifs is 1. The molecule has 0 radical (unpaired) electrons. The minimum atomic E-state index is -0.846. The minimum absolute atomic E-state index is 0.0470. The van der Waals surface area contributed by atoms with Gasteiger partial charge >= 0.3 is 11.8 Å². The van der Waals surface area contributed by atoms with Gasteiger partial charge < -0.3 is 10.4 Å². The Labute approximate surface area is 134 Å². The summed E-state index contributed by atoms with van der Waals surface area (Å²) >= 11 is 0. The number of hydrogen-bond acceptors (Lipinski definition) is 4. The number of hydrogen-bond donors (Lipinski definition) is 3. The molecule has 0 aliphatic rings. The van der Waals surface area contributed by atoms with Crippen LogP contribution in [-0.2, 0) is 9.59 Å². The lowest BCUT2D eigenvalue weighted by Gasteiger charge is -2.09. The molecule has 0 spiro atoms. The maximum atomic E-state index is 11.6. The molecule has 2 rings (SSSR count). The van der Waals surface area contributed by atoms with Gasteiger partial charge in [-0.15, -0.1) is 0 Å². The largest absolute Gasteiger partial charge is 0.507 e. The summed E-state index contributed by atoms with van der Waals surface area (Å²) in [4.78, 5) is 23.2. The van der Waals surface area contributed by atoms with E-state index in [4.69, 9.17) is 0 Å². The molecule has 0 aromatic heterocycles. The number of phenols is 1. The number of carbonyl (C=O) groups excluding carboxylic acids is 2. The molecule has 2 aromatic carbocycles. The number of carbonyl (C=O) groups is 2. The molecule has 23 heavy (non-hydrogen) atoms. The van der Waals surface area contributed by atoms with Crippen LogP contribution in [0.25, 0.3) is 10.8 Å². The predicted molar refractivity (Wildman–Crippen MR) is 89.2 cm³/mol. The van der Waals surface area contributed by atoms with Crippen molar-refractivity contribution in [1.29, 1.82) is 0 Å². The summed E-state index contributed by atoms with van der Waals surface area (Å²) in [6, 6.07) is 10.7. The highest BCUT2D eigenvalue weighted by Crippen LogP contribution is 2.25. The van der Waals surface area contributed by atoms with Crippen molar-refractivity contribution in [3.05, 3.63) is 42.0 Å². The maximum absolute atomic E-state index is 11.6. The van der Waals surface area contributed by atoms with Crippen molar-refractivity contribution in [2.24, 2.45) is 5.10 Å². The Kier molecular flexibility index (Phi) is 5.30. The van der Waals surface area contributed by atoms with E-state index in [9.17, 15) is 14.7 Å². The van der Waals surface area contributed by atoms with Crippen LogP contribution < -0.4 is 10.7 Å². The van der Waals surface area contributed by atoms with Crippen LogP contribution in [0.3, 0.4) is 0 Å². The molecule has 0 unspecified atom stereocenters. The Morgan fingerprint density at radius 3 is 2.70 bits per heavy atom. The first kappa shape index (κ1) is 16.5. The molecule has 6 nitrogen and oxygen atoms in total. The van der Waals surface area contributed by atoms with Crippen LogP contribution in [0.1, 0.15) is 25.8 Å². The summed E-state index contributed by atoms with van der Waals surface area (Å²) in [5.41, 5.74) is 2.64. The van der Waals surface area contributed by atoms with Gasteiger partial charge in [0.2, 0.25) is 0 Å². The molecule has 0 heterocycles. The van der Waals surface area contributed by atoms with Crippen molar-refractivity contribution in [1.82, 2.24) is 10.7 Å². The molecule has 0 saturated heterocycles. The van der Waals surface area contributed by atoms with E-state index in [0.29, 0.717) is 5.56 Å². The van der Waals surface area contributed by atoms with Gasteiger partial charge in [-0.3, -0.25) is 9.59 Å². The molecule has 120 valence electrons. The van der Waals surface area contributed by atoms with Crippen LogP contribution in [0.5, 0.6) is 5.75 Å². The standard InChI is InChI=1S/C17H19N3O3/c1-3-11(2)19-16(22)17(23)20-18-10-14-13-7-5-4-6-12(13)8-9-15(14)21/h4-11,21H,3H2,1-2H3,(H,19,22)(H,20,23)/b18-10-/t11-/m1/s1. The monoisotopic (exact) mass is 313 g/mol. The fourth-order valence-electron chi connectivity index (χ4n) is 2.02. The summed E-state index contributed by atoms with van der Waals surface area (Å²) in [5.74, 6) is -1.54. The van der Waals surface area contributed by atoms with E-state index in [0.717, 1.165) is 17.2 Å². The highest BCUT2D eigenvalue weighted by Gasteiger charge is 2.14. The number of rotatable bonds is 4. The zero-order valence-corrected chi connectivity index (χ0v) is 13.0. The second kappa shape index (κ2) is 7.40. The van der Waals surface area contributed by atoms with Crippen LogP contribution in [0.4, 0.5) is 0 Å². The molecule has 0 fully saturated rings. The lowest BCUT2D eigenvalue weighted by Crippen LogP contribution is -2.41. The van der Waals surface area contributed by atoms with E-state index in [-0.39, 0.29) is 11.8 Å². The molecular formula is C17H19N3O3. The van der Waals surface area contributed by atoms with Crippen LogP contribution >= 0.6 is 0 Å². The van der Waals surface area contributed by atoms with E-state index >= 15 is 0 Å². The molecule has 0 aliphatic heterocycles. The van der Waals surface area contributed by atoms with E-state index in [1.54, 1.807) is 12.1 Å². The average molecular weight is 313 g/mol. The third-order valence-electron chi connectivity index (χ3n) is 3.50. The number of aromatic hydroxyl groups is 1. The Morgan fingerprint density at radius 1 is 1.22 bits per heavy atom. The normalized spacial score (nSPS) is 12.3. The van der Waals surface area contributed by atoms with Crippen molar-refractivity contribution in [2.45, 2.75) is 26.3 Å². The first-order chi connectivity index (χ1) is 11.0.